The first-order valence-electron chi connectivity index (χ1n) is 5.33. The van der Waals surface area contributed by atoms with Crippen LogP contribution in [0.4, 0.5) is 10.5 Å². The van der Waals surface area contributed by atoms with Crippen molar-refractivity contribution in [1.29, 1.82) is 0 Å². The van der Waals surface area contributed by atoms with Crippen molar-refractivity contribution in [1.82, 2.24) is 5.32 Å². The zero-order valence-corrected chi connectivity index (χ0v) is 10.2. The Bertz CT molecular complexity index is 423. The Labute approximate surface area is 100 Å². The summed E-state index contributed by atoms with van der Waals surface area (Å²) in [6.07, 6.45) is 0. The minimum atomic E-state index is -0.843. The number of rotatable bonds is 3. The van der Waals surface area contributed by atoms with Crippen LogP contribution in [0, 0.1) is 13.8 Å². The molecule has 5 heteroatoms. The van der Waals surface area contributed by atoms with Crippen molar-refractivity contribution in [3.63, 3.8) is 0 Å². The summed E-state index contributed by atoms with van der Waals surface area (Å²) in [6, 6.07) is 4.54. The summed E-state index contributed by atoms with van der Waals surface area (Å²) < 4.78 is 0. The van der Waals surface area contributed by atoms with Crippen LogP contribution in [-0.4, -0.2) is 18.0 Å². The number of amides is 3. The van der Waals surface area contributed by atoms with Gasteiger partial charge in [0.15, 0.2) is 0 Å². The van der Waals surface area contributed by atoms with Crippen LogP contribution >= 0.6 is 0 Å². The molecule has 0 aliphatic heterocycles. The highest BCUT2D eigenvalue weighted by Gasteiger charge is 2.14. The van der Waals surface area contributed by atoms with Gasteiger partial charge in [0.1, 0.15) is 6.04 Å². The number of carbonyl (C=O) groups excluding carboxylic acids is 2. The fourth-order valence-electron chi connectivity index (χ4n) is 1.60. The Morgan fingerprint density at radius 1 is 1.18 bits per heavy atom. The van der Waals surface area contributed by atoms with Gasteiger partial charge in [0.2, 0.25) is 5.91 Å². The van der Waals surface area contributed by atoms with E-state index in [0.717, 1.165) is 16.8 Å². The highest BCUT2D eigenvalue weighted by molar-refractivity contribution is 5.97. The van der Waals surface area contributed by atoms with Crippen molar-refractivity contribution in [3.8, 4) is 0 Å². The molecular weight excluding hydrogens is 218 g/mol. The Balaban J connectivity index is 2.70. The lowest BCUT2D eigenvalue weighted by Gasteiger charge is -2.15. The molecule has 0 heterocycles. The predicted octanol–water partition coefficient (Wildman–Crippen LogP) is 1.30. The minimum absolute atomic E-state index is 0.448. The van der Waals surface area contributed by atoms with E-state index >= 15 is 0 Å². The number of anilines is 1. The number of benzene rings is 1. The number of nitrogens with two attached hydrogens (primary N) is 1. The zero-order chi connectivity index (χ0) is 13.0. The van der Waals surface area contributed by atoms with E-state index in [0.29, 0.717) is 0 Å². The summed E-state index contributed by atoms with van der Waals surface area (Å²) in [7, 11) is 0. The van der Waals surface area contributed by atoms with Crippen molar-refractivity contribution in [2.24, 2.45) is 5.73 Å². The molecule has 17 heavy (non-hydrogen) atoms. The van der Waals surface area contributed by atoms with Crippen LogP contribution in [0.15, 0.2) is 18.2 Å². The lowest BCUT2D eigenvalue weighted by Crippen LogP contribution is -2.43. The van der Waals surface area contributed by atoms with E-state index in [1.807, 2.05) is 37.4 Å². The van der Waals surface area contributed by atoms with Gasteiger partial charge in [0, 0.05) is 5.69 Å². The second-order valence-electron chi connectivity index (χ2n) is 4.10. The molecule has 0 saturated carbocycles. The first kappa shape index (κ1) is 13.0. The maximum Gasteiger partial charge on any atom is 0.318 e. The quantitative estimate of drug-likeness (QED) is 0.738. The molecule has 0 fully saturated rings. The van der Waals surface area contributed by atoms with Crippen LogP contribution in [0.3, 0.4) is 0 Å². The van der Waals surface area contributed by atoms with Gasteiger partial charge in [0.25, 0.3) is 0 Å². The fraction of sp³-hybridized carbons (Fsp3) is 0.333. The molecule has 0 spiro atoms. The van der Waals surface area contributed by atoms with E-state index in [4.69, 9.17) is 5.73 Å². The molecule has 1 atom stereocenters. The lowest BCUT2D eigenvalue weighted by atomic mass is 10.1. The molecular formula is C12H17N3O2. The summed E-state index contributed by atoms with van der Waals surface area (Å²) in [5.74, 6) is -0.448. The summed E-state index contributed by atoms with van der Waals surface area (Å²) in [5, 5.41) is 5.04. The maximum atomic E-state index is 11.5. The molecule has 3 amide bonds. The van der Waals surface area contributed by atoms with Gasteiger partial charge in [-0.15, -0.1) is 0 Å². The molecule has 92 valence electrons. The molecule has 0 radical (unpaired) electrons. The third-order valence-corrected chi connectivity index (χ3v) is 2.24. The number of primary amides is 1. The van der Waals surface area contributed by atoms with Crippen LogP contribution < -0.4 is 16.4 Å². The Morgan fingerprint density at radius 2 is 1.71 bits per heavy atom. The molecule has 5 nitrogen and oxygen atoms in total. The van der Waals surface area contributed by atoms with Crippen molar-refractivity contribution >= 4 is 17.6 Å². The van der Waals surface area contributed by atoms with Crippen LogP contribution in [0.2, 0.25) is 0 Å². The van der Waals surface area contributed by atoms with E-state index in [2.05, 4.69) is 5.32 Å². The van der Waals surface area contributed by atoms with Crippen molar-refractivity contribution in [3.05, 3.63) is 29.3 Å². The maximum absolute atomic E-state index is 11.5. The summed E-state index contributed by atoms with van der Waals surface area (Å²) in [6.45, 7) is 5.62. The highest BCUT2D eigenvalue weighted by Crippen LogP contribution is 2.14. The SMILES string of the molecule is Cc1cc(C)cc(NC(C)C(=O)NC(N)=O)c1. The Morgan fingerprint density at radius 3 is 2.18 bits per heavy atom. The van der Waals surface area contributed by atoms with Crippen molar-refractivity contribution in [2.45, 2.75) is 26.8 Å². The lowest BCUT2D eigenvalue weighted by molar-refractivity contribution is -0.120. The van der Waals surface area contributed by atoms with Gasteiger partial charge in [-0.1, -0.05) is 6.07 Å². The first-order chi connectivity index (χ1) is 7.88. The molecule has 0 aliphatic rings. The van der Waals surface area contributed by atoms with Gasteiger partial charge in [-0.05, 0) is 44.0 Å². The molecule has 1 rings (SSSR count). The molecule has 0 saturated heterocycles. The smallest absolute Gasteiger partial charge is 0.318 e. The van der Waals surface area contributed by atoms with E-state index in [1.165, 1.54) is 0 Å². The average molecular weight is 235 g/mol. The Hall–Kier alpha value is -2.04. The minimum Gasteiger partial charge on any atom is -0.374 e. The van der Waals surface area contributed by atoms with Crippen molar-refractivity contribution < 1.29 is 9.59 Å². The summed E-state index contributed by atoms with van der Waals surface area (Å²) in [5.41, 5.74) is 7.93. The normalized spacial score (nSPS) is 11.7. The third kappa shape index (κ3) is 4.14. The van der Waals surface area contributed by atoms with E-state index in [9.17, 15) is 9.59 Å². The Kier molecular flexibility index (Phi) is 4.09. The monoisotopic (exact) mass is 235 g/mol. The molecule has 0 aromatic heterocycles. The second kappa shape index (κ2) is 5.34. The number of carbonyl (C=O) groups is 2. The topological polar surface area (TPSA) is 84.2 Å². The number of imide groups is 1. The number of nitrogens with one attached hydrogen (secondary N) is 2. The van der Waals surface area contributed by atoms with Crippen LogP contribution in [0.5, 0.6) is 0 Å². The summed E-state index contributed by atoms with van der Waals surface area (Å²) in [4.78, 5) is 22.0. The molecule has 0 aliphatic carbocycles. The number of hydrogen-bond donors (Lipinski definition) is 3. The standard InChI is InChI=1S/C12H17N3O2/c1-7-4-8(2)6-10(5-7)14-9(3)11(16)15-12(13)17/h4-6,9,14H,1-3H3,(H3,13,15,16,17). The van der Waals surface area contributed by atoms with E-state index in [1.54, 1.807) is 6.92 Å². The third-order valence-electron chi connectivity index (χ3n) is 2.24. The molecule has 1 aromatic carbocycles. The molecule has 1 aromatic rings. The predicted molar refractivity (Wildman–Crippen MR) is 66.7 cm³/mol. The molecule has 1 unspecified atom stereocenters. The summed E-state index contributed by atoms with van der Waals surface area (Å²) >= 11 is 0. The zero-order valence-electron chi connectivity index (χ0n) is 10.2. The van der Waals surface area contributed by atoms with E-state index < -0.39 is 18.0 Å². The first-order valence-corrected chi connectivity index (χ1v) is 5.33. The van der Waals surface area contributed by atoms with Gasteiger partial charge in [-0.2, -0.15) is 0 Å². The van der Waals surface area contributed by atoms with Crippen LogP contribution in [0.1, 0.15) is 18.1 Å². The fourth-order valence-corrected chi connectivity index (χ4v) is 1.60. The number of hydrogen-bond acceptors (Lipinski definition) is 3. The van der Waals surface area contributed by atoms with Gasteiger partial charge >= 0.3 is 6.03 Å². The highest BCUT2D eigenvalue weighted by atomic mass is 16.2. The number of aryl methyl sites for hydroxylation is 2. The molecule has 4 N–H and O–H groups in total. The second-order valence-corrected chi connectivity index (χ2v) is 4.10. The number of urea groups is 1. The molecule has 0 bridgehead atoms. The van der Waals surface area contributed by atoms with Gasteiger partial charge in [0.05, 0.1) is 0 Å². The van der Waals surface area contributed by atoms with Gasteiger partial charge in [-0.3, -0.25) is 10.1 Å². The largest absolute Gasteiger partial charge is 0.374 e. The van der Waals surface area contributed by atoms with E-state index in [-0.39, 0.29) is 0 Å². The van der Waals surface area contributed by atoms with Gasteiger partial charge < -0.3 is 11.1 Å². The average Bonchev–Trinajstić information content (AvgIpc) is 2.14. The van der Waals surface area contributed by atoms with Crippen LogP contribution in [-0.2, 0) is 4.79 Å². The van der Waals surface area contributed by atoms with Gasteiger partial charge in [-0.25, -0.2) is 4.79 Å². The van der Waals surface area contributed by atoms with Crippen LogP contribution in [0.25, 0.3) is 0 Å². The van der Waals surface area contributed by atoms with Crippen molar-refractivity contribution in [2.75, 3.05) is 5.32 Å².